The molecule has 5 nitrogen and oxygen atoms in total. The average Bonchev–Trinajstić information content (AvgIpc) is 2.52. The lowest BCUT2D eigenvalue weighted by atomic mass is 10.0. The van der Waals surface area contributed by atoms with Gasteiger partial charge in [0, 0.05) is 51.9 Å². The van der Waals surface area contributed by atoms with E-state index < -0.39 is 0 Å². The third-order valence-corrected chi connectivity index (χ3v) is 5.33. The van der Waals surface area contributed by atoms with Gasteiger partial charge in [0.25, 0.3) is 0 Å². The lowest BCUT2D eigenvalue weighted by molar-refractivity contribution is -0.132. The summed E-state index contributed by atoms with van der Waals surface area (Å²) >= 11 is 0. The van der Waals surface area contributed by atoms with E-state index in [0.29, 0.717) is 6.54 Å². The number of carbonyl (C=O) groups is 1. The Hall–Kier alpha value is -0.650. The van der Waals surface area contributed by atoms with Crippen molar-refractivity contribution in [2.45, 2.75) is 39.2 Å². The van der Waals surface area contributed by atoms with Gasteiger partial charge in [-0.2, -0.15) is 0 Å². The van der Waals surface area contributed by atoms with Crippen molar-refractivity contribution < 1.29 is 4.79 Å². The number of likely N-dealkylation sites (N-methyl/N-ethyl adjacent to an activating group) is 2. The molecule has 0 aliphatic carbocycles. The van der Waals surface area contributed by atoms with Gasteiger partial charge in [0.15, 0.2) is 0 Å². The average molecular weight is 310 g/mol. The Labute approximate surface area is 136 Å². The quantitative estimate of drug-likeness (QED) is 0.731. The highest BCUT2D eigenvalue weighted by Gasteiger charge is 2.25. The molecule has 0 aromatic carbocycles. The van der Waals surface area contributed by atoms with E-state index in [4.69, 9.17) is 0 Å². The number of hydrogen-bond donors (Lipinski definition) is 0. The first-order valence-corrected chi connectivity index (χ1v) is 9.06. The van der Waals surface area contributed by atoms with Crippen molar-refractivity contribution in [1.29, 1.82) is 0 Å². The molecule has 2 aliphatic heterocycles. The van der Waals surface area contributed by atoms with Crippen LogP contribution in [-0.4, -0.2) is 97.5 Å². The van der Waals surface area contributed by atoms with E-state index in [-0.39, 0.29) is 5.91 Å². The maximum Gasteiger partial charge on any atom is 0.236 e. The molecule has 2 saturated heterocycles. The van der Waals surface area contributed by atoms with Crippen LogP contribution >= 0.6 is 0 Å². The Bertz CT molecular complexity index is 338. The number of hydrogen-bond acceptors (Lipinski definition) is 4. The van der Waals surface area contributed by atoms with E-state index in [1.165, 1.54) is 32.4 Å². The summed E-state index contributed by atoms with van der Waals surface area (Å²) in [6.07, 6.45) is 4.08. The zero-order chi connectivity index (χ0) is 15.9. The van der Waals surface area contributed by atoms with Crippen LogP contribution in [0.5, 0.6) is 0 Å². The Kier molecular flexibility index (Phi) is 7.12. The summed E-state index contributed by atoms with van der Waals surface area (Å²) in [6.45, 7) is 13.1. The van der Waals surface area contributed by atoms with Gasteiger partial charge in [0.1, 0.15) is 0 Å². The Morgan fingerprint density at radius 2 is 1.64 bits per heavy atom. The summed E-state index contributed by atoms with van der Waals surface area (Å²) in [5.74, 6) is 0.283. The third-order valence-electron chi connectivity index (χ3n) is 5.33. The Morgan fingerprint density at radius 1 is 1.00 bits per heavy atom. The Balaban J connectivity index is 1.70. The summed E-state index contributed by atoms with van der Waals surface area (Å²) < 4.78 is 0. The molecular formula is C17H34N4O. The highest BCUT2D eigenvalue weighted by Crippen LogP contribution is 2.16. The summed E-state index contributed by atoms with van der Waals surface area (Å²) in [6, 6.07) is 0.734. The van der Waals surface area contributed by atoms with E-state index >= 15 is 0 Å². The fraction of sp³-hybridized carbons (Fsp3) is 0.941. The monoisotopic (exact) mass is 310 g/mol. The van der Waals surface area contributed by atoms with Crippen LogP contribution in [0.1, 0.15) is 33.1 Å². The van der Waals surface area contributed by atoms with Crippen LogP contribution in [0.25, 0.3) is 0 Å². The van der Waals surface area contributed by atoms with Crippen molar-refractivity contribution in [2.75, 3.05) is 66.0 Å². The fourth-order valence-electron chi connectivity index (χ4n) is 3.67. The minimum absolute atomic E-state index is 0.283. The second-order valence-electron chi connectivity index (χ2n) is 6.77. The topological polar surface area (TPSA) is 30.0 Å². The van der Waals surface area contributed by atoms with E-state index in [0.717, 1.165) is 45.3 Å². The summed E-state index contributed by atoms with van der Waals surface area (Å²) in [4.78, 5) is 21.5. The van der Waals surface area contributed by atoms with Crippen molar-refractivity contribution in [3.63, 3.8) is 0 Å². The highest BCUT2D eigenvalue weighted by molar-refractivity contribution is 5.78. The molecule has 2 rings (SSSR count). The molecule has 2 aliphatic rings. The number of piperazine rings is 1. The van der Waals surface area contributed by atoms with Crippen LogP contribution in [0.2, 0.25) is 0 Å². The summed E-state index contributed by atoms with van der Waals surface area (Å²) in [5, 5.41) is 0. The van der Waals surface area contributed by atoms with Crippen molar-refractivity contribution in [2.24, 2.45) is 0 Å². The summed E-state index contributed by atoms with van der Waals surface area (Å²) in [7, 11) is 2.27. The number of amides is 1. The zero-order valence-electron chi connectivity index (χ0n) is 14.8. The van der Waals surface area contributed by atoms with E-state index in [9.17, 15) is 4.79 Å². The highest BCUT2D eigenvalue weighted by atomic mass is 16.2. The van der Waals surface area contributed by atoms with E-state index in [1.807, 2.05) is 4.90 Å². The summed E-state index contributed by atoms with van der Waals surface area (Å²) in [5.41, 5.74) is 0. The molecule has 0 radical (unpaired) electrons. The molecule has 128 valence electrons. The van der Waals surface area contributed by atoms with Crippen LogP contribution in [0.15, 0.2) is 0 Å². The van der Waals surface area contributed by atoms with Crippen molar-refractivity contribution >= 4 is 5.91 Å². The third kappa shape index (κ3) is 4.93. The van der Waals surface area contributed by atoms with Crippen molar-refractivity contribution in [1.82, 2.24) is 19.6 Å². The molecular weight excluding hydrogens is 276 g/mol. The lowest BCUT2D eigenvalue weighted by Gasteiger charge is -2.40. The fourth-order valence-corrected chi connectivity index (χ4v) is 3.67. The number of carbonyl (C=O) groups excluding carboxylic acids is 1. The van der Waals surface area contributed by atoms with E-state index in [1.54, 1.807) is 0 Å². The van der Waals surface area contributed by atoms with Gasteiger partial charge in [-0.25, -0.2) is 0 Å². The van der Waals surface area contributed by atoms with Gasteiger partial charge >= 0.3 is 0 Å². The first kappa shape index (κ1) is 17.7. The molecule has 2 heterocycles. The maximum absolute atomic E-state index is 12.2. The van der Waals surface area contributed by atoms with Crippen LogP contribution in [0.4, 0.5) is 0 Å². The van der Waals surface area contributed by atoms with Gasteiger partial charge in [-0.15, -0.1) is 0 Å². The molecule has 0 saturated carbocycles. The molecule has 0 spiro atoms. The molecule has 0 bridgehead atoms. The van der Waals surface area contributed by atoms with Gasteiger partial charge in [-0.05, 0) is 40.3 Å². The molecule has 1 amide bonds. The predicted molar refractivity (Wildman–Crippen MR) is 91.1 cm³/mol. The number of likely N-dealkylation sites (tertiary alicyclic amines) is 1. The maximum atomic E-state index is 12.2. The molecule has 22 heavy (non-hydrogen) atoms. The largest absolute Gasteiger partial charge is 0.342 e. The number of piperidine rings is 1. The predicted octanol–water partition coefficient (Wildman–Crippen LogP) is 0.957. The molecule has 0 N–H and O–H groups in total. The van der Waals surface area contributed by atoms with Crippen LogP contribution in [-0.2, 0) is 4.79 Å². The minimum Gasteiger partial charge on any atom is -0.342 e. The SMILES string of the molecule is CCN(CC)C(=O)CN1CCN(CC2CCCCN2C)CC1. The normalized spacial score (nSPS) is 25.3. The first-order chi connectivity index (χ1) is 10.6. The molecule has 0 aromatic heterocycles. The smallest absolute Gasteiger partial charge is 0.236 e. The van der Waals surface area contributed by atoms with Gasteiger partial charge < -0.3 is 9.80 Å². The minimum atomic E-state index is 0.283. The van der Waals surface area contributed by atoms with Crippen LogP contribution < -0.4 is 0 Å². The van der Waals surface area contributed by atoms with Crippen molar-refractivity contribution in [3.05, 3.63) is 0 Å². The van der Waals surface area contributed by atoms with Crippen LogP contribution in [0, 0.1) is 0 Å². The number of nitrogens with zero attached hydrogens (tertiary/aromatic N) is 4. The van der Waals surface area contributed by atoms with Gasteiger partial charge in [-0.1, -0.05) is 6.42 Å². The lowest BCUT2D eigenvalue weighted by Crippen LogP contribution is -2.53. The van der Waals surface area contributed by atoms with Crippen molar-refractivity contribution in [3.8, 4) is 0 Å². The molecule has 0 aromatic rings. The molecule has 5 heteroatoms. The van der Waals surface area contributed by atoms with Crippen LogP contribution in [0.3, 0.4) is 0 Å². The molecule has 1 atom stereocenters. The zero-order valence-corrected chi connectivity index (χ0v) is 14.8. The van der Waals surface area contributed by atoms with Gasteiger partial charge in [0.05, 0.1) is 6.54 Å². The van der Waals surface area contributed by atoms with E-state index in [2.05, 4.69) is 35.6 Å². The first-order valence-electron chi connectivity index (χ1n) is 9.06. The standard InChI is InChI=1S/C17H34N4O/c1-4-21(5-2)17(22)15-20-12-10-19(11-13-20)14-16-8-6-7-9-18(16)3/h16H,4-15H2,1-3H3. The second kappa shape index (κ2) is 8.85. The van der Waals surface area contributed by atoms with Gasteiger partial charge in [0.2, 0.25) is 5.91 Å². The number of rotatable bonds is 6. The molecule has 2 fully saturated rings. The van der Waals surface area contributed by atoms with Gasteiger partial charge in [-0.3, -0.25) is 14.6 Å². The second-order valence-corrected chi connectivity index (χ2v) is 6.77. The Morgan fingerprint density at radius 3 is 2.23 bits per heavy atom. The molecule has 1 unspecified atom stereocenters.